The van der Waals surface area contributed by atoms with Crippen LogP contribution in [0.3, 0.4) is 0 Å². The second-order valence-corrected chi connectivity index (χ2v) is 3.39. The van der Waals surface area contributed by atoms with Crippen molar-refractivity contribution in [3.05, 3.63) is 29.3 Å². The second kappa shape index (κ2) is 3.36. The van der Waals surface area contributed by atoms with Crippen molar-refractivity contribution in [2.45, 2.75) is 12.5 Å². The van der Waals surface area contributed by atoms with Crippen LogP contribution in [0.2, 0.25) is 0 Å². The maximum absolute atomic E-state index is 9.26. The Labute approximate surface area is 77.0 Å². The molecule has 1 aliphatic heterocycles. The molecule has 1 aliphatic rings. The summed E-state index contributed by atoms with van der Waals surface area (Å²) in [4.78, 5) is 0. The van der Waals surface area contributed by atoms with E-state index in [1.54, 1.807) is 12.1 Å². The van der Waals surface area contributed by atoms with Gasteiger partial charge in [0.15, 0.2) is 0 Å². The summed E-state index contributed by atoms with van der Waals surface area (Å²) in [5.41, 5.74) is 2.24. The van der Waals surface area contributed by atoms with E-state index < -0.39 is 0 Å². The summed E-state index contributed by atoms with van der Waals surface area (Å²) in [7, 11) is 0. The van der Waals surface area contributed by atoms with Gasteiger partial charge >= 0.3 is 0 Å². The number of phenols is 1. The Morgan fingerprint density at radius 1 is 1.46 bits per heavy atom. The Balaban J connectivity index is 2.40. The Kier molecular flexibility index (Phi) is 2.20. The van der Waals surface area contributed by atoms with Gasteiger partial charge in [0.1, 0.15) is 5.75 Å². The molecule has 0 aliphatic carbocycles. The average Bonchev–Trinajstić information content (AvgIpc) is 2.16. The van der Waals surface area contributed by atoms with Crippen molar-refractivity contribution in [3.8, 4) is 5.75 Å². The maximum Gasteiger partial charge on any atom is 0.115 e. The molecule has 0 bridgehead atoms. The molecule has 3 heteroatoms. The third kappa shape index (κ3) is 1.53. The number of aliphatic hydroxyl groups excluding tert-OH is 1. The van der Waals surface area contributed by atoms with Crippen LogP contribution in [0.15, 0.2) is 18.2 Å². The number of fused-ring (bicyclic) bond motifs is 1. The highest BCUT2D eigenvalue weighted by atomic mass is 16.3. The van der Waals surface area contributed by atoms with Crippen LogP contribution in [0.4, 0.5) is 0 Å². The average molecular weight is 179 g/mol. The molecule has 3 N–H and O–H groups in total. The molecule has 0 saturated carbocycles. The van der Waals surface area contributed by atoms with E-state index in [4.69, 9.17) is 5.11 Å². The molecule has 13 heavy (non-hydrogen) atoms. The third-order valence-electron chi connectivity index (χ3n) is 2.49. The predicted octanol–water partition coefficient (Wildman–Crippen LogP) is 0.571. The molecule has 0 radical (unpaired) electrons. The first-order valence-corrected chi connectivity index (χ1v) is 4.44. The molecule has 1 unspecified atom stereocenters. The van der Waals surface area contributed by atoms with E-state index in [-0.39, 0.29) is 12.5 Å². The molecule has 1 atom stereocenters. The molecule has 0 saturated heterocycles. The highest BCUT2D eigenvalue weighted by molar-refractivity contribution is 5.38. The van der Waals surface area contributed by atoms with E-state index in [1.807, 2.05) is 6.07 Å². The summed E-state index contributed by atoms with van der Waals surface area (Å²) in [5, 5.41) is 21.6. The van der Waals surface area contributed by atoms with Gasteiger partial charge in [-0.25, -0.2) is 0 Å². The normalized spacial score (nSPS) is 21.2. The zero-order valence-corrected chi connectivity index (χ0v) is 7.33. The molecule has 0 spiro atoms. The summed E-state index contributed by atoms with van der Waals surface area (Å²) in [6.07, 6.45) is 0. The van der Waals surface area contributed by atoms with Gasteiger partial charge in [0, 0.05) is 19.0 Å². The van der Waals surface area contributed by atoms with Crippen LogP contribution < -0.4 is 5.32 Å². The molecule has 0 aromatic heterocycles. The summed E-state index contributed by atoms with van der Waals surface area (Å²) >= 11 is 0. The number of aliphatic hydroxyl groups is 1. The number of aromatic hydroxyl groups is 1. The minimum absolute atomic E-state index is 0.158. The van der Waals surface area contributed by atoms with E-state index >= 15 is 0 Å². The molecule has 2 rings (SSSR count). The minimum atomic E-state index is 0.158. The fourth-order valence-corrected chi connectivity index (χ4v) is 1.80. The second-order valence-electron chi connectivity index (χ2n) is 3.39. The van der Waals surface area contributed by atoms with Crippen LogP contribution in [0.25, 0.3) is 0 Å². The fourth-order valence-electron chi connectivity index (χ4n) is 1.80. The molecule has 0 amide bonds. The highest BCUT2D eigenvalue weighted by Gasteiger charge is 2.18. The van der Waals surface area contributed by atoms with Crippen LogP contribution in [-0.2, 0) is 6.54 Å². The topological polar surface area (TPSA) is 52.5 Å². The smallest absolute Gasteiger partial charge is 0.115 e. The Morgan fingerprint density at radius 3 is 3.08 bits per heavy atom. The molecule has 70 valence electrons. The van der Waals surface area contributed by atoms with E-state index in [9.17, 15) is 5.11 Å². The largest absolute Gasteiger partial charge is 0.508 e. The Hall–Kier alpha value is -1.06. The van der Waals surface area contributed by atoms with Gasteiger partial charge in [0.25, 0.3) is 0 Å². The van der Waals surface area contributed by atoms with Crippen LogP contribution in [0, 0.1) is 0 Å². The standard InChI is InChI=1S/C10H13NO2/c12-6-8-5-11-4-7-3-9(13)1-2-10(7)8/h1-3,8,11-13H,4-6H2. The van der Waals surface area contributed by atoms with Gasteiger partial charge in [-0.05, 0) is 23.3 Å². The zero-order valence-electron chi connectivity index (χ0n) is 7.33. The lowest BCUT2D eigenvalue weighted by atomic mass is 9.91. The summed E-state index contributed by atoms with van der Waals surface area (Å²) < 4.78 is 0. The first kappa shape index (κ1) is 8.53. The number of rotatable bonds is 1. The number of hydrogen-bond donors (Lipinski definition) is 3. The van der Waals surface area contributed by atoms with Crippen LogP contribution in [0.1, 0.15) is 17.0 Å². The number of benzene rings is 1. The first-order valence-electron chi connectivity index (χ1n) is 4.44. The van der Waals surface area contributed by atoms with Gasteiger partial charge < -0.3 is 15.5 Å². The van der Waals surface area contributed by atoms with Crippen LogP contribution >= 0.6 is 0 Å². The van der Waals surface area contributed by atoms with Crippen molar-refractivity contribution in [3.63, 3.8) is 0 Å². The lowest BCUT2D eigenvalue weighted by Gasteiger charge is -2.24. The SMILES string of the molecule is OCC1CNCc2cc(O)ccc21. The molecular weight excluding hydrogens is 166 g/mol. The molecule has 1 aromatic carbocycles. The molecule has 0 fully saturated rings. The highest BCUT2D eigenvalue weighted by Crippen LogP contribution is 2.26. The van der Waals surface area contributed by atoms with Gasteiger partial charge in [-0.1, -0.05) is 6.07 Å². The summed E-state index contributed by atoms with van der Waals surface area (Å²) in [5.74, 6) is 0.462. The first-order chi connectivity index (χ1) is 6.31. The van der Waals surface area contributed by atoms with Crippen molar-refractivity contribution >= 4 is 0 Å². The fraction of sp³-hybridized carbons (Fsp3) is 0.400. The lowest BCUT2D eigenvalue weighted by molar-refractivity contribution is 0.256. The monoisotopic (exact) mass is 179 g/mol. The van der Waals surface area contributed by atoms with Gasteiger partial charge in [0.05, 0.1) is 6.61 Å². The molecule has 1 aromatic rings. The van der Waals surface area contributed by atoms with E-state index in [0.717, 1.165) is 24.2 Å². The number of hydrogen-bond acceptors (Lipinski definition) is 3. The summed E-state index contributed by atoms with van der Waals surface area (Å²) in [6, 6.07) is 5.32. The van der Waals surface area contributed by atoms with Crippen molar-refractivity contribution in [1.82, 2.24) is 5.32 Å². The van der Waals surface area contributed by atoms with Crippen molar-refractivity contribution < 1.29 is 10.2 Å². The zero-order chi connectivity index (χ0) is 9.26. The van der Waals surface area contributed by atoms with Gasteiger partial charge in [-0.2, -0.15) is 0 Å². The van der Waals surface area contributed by atoms with Crippen LogP contribution in [-0.4, -0.2) is 23.4 Å². The molecule has 1 heterocycles. The number of nitrogens with one attached hydrogen (secondary N) is 1. The lowest BCUT2D eigenvalue weighted by Crippen LogP contribution is -2.29. The quantitative estimate of drug-likeness (QED) is 0.591. The number of phenolic OH excluding ortho intramolecular Hbond substituents is 1. The molecule has 3 nitrogen and oxygen atoms in total. The van der Waals surface area contributed by atoms with Gasteiger partial charge in [-0.3, -0.25) is 0 Å². The summed E-state index contributed by atoms with van der Waals surface area (Å²) in [6.45, 7) is 1.75. The minimum Gasteiger partial charge on any atom is -0.508 e. The Morgan fingerprint density at radius 2 is 2.31 bits per heavy atom. The molecular formula is C10H13NO2. The maximum atomic E-state index is 9.26. The van der Waals surface area contributed by atoms with E-state index in [2.05, 4.69) is 5.32 Å². The third-order valence-corrected chi connectivity index (χ3v) is 2.49. The van der Waals surface area contributed by atoms with Crippen molar-refractivity contribution in [1.29, 1.82) is 0 Å². The predicted molar refractivity (Wildman–Crippen MR) is 49.6 cm³/mol. The van der Waals surface area contributed by atoms with Crippen molar-refractivity contribution in [2.24, 2.45) is 0 Å². The van der Waals surface area contributed by atoms with Gasteiger partial charge in [0.2, 0.25) is 0 Å². The van der Waals surface area contributed by atoms with E-state index in [0.29, 0.717) is 5.75 Å². The Bertz CT molecular complexity index is 312. The van der Waals surface area contributed by atoms with Gasteiger partial charge in [-0.15, -0.1) is 0 Å². The van der Waals surface area contributed by atoms with Crippen LogP contribution in [0.5, 0.6) is 5.75 Å². The van der Waals surface area contributed by atoms with E-state index in [1.165, 1.54) is 0 Å². The van der Waals surface area contributed by atoms with Crippen molar-refractivity contribution in [2.75, 3.05) is 13.2 Å².